The molecule has 38 heavy (non-hydrogen) atoms. The minimum atomic E-state index is -0.398. The predicted molar refractivity (Wildman–Crippen MR) is 156 cm³/mol. The summed E-state index contributed by atoms with van der Waals surface area (Å²) < 4.78 is 4.86. The molecule has 198 valence electrons. The number of hydrogen-bond acceptors (Lipinski definition) is 4. The van der Waals surface area contributed by atoms with Crippen LogP contribution in [0, 0.1) is 12.3 Å². The highest BCUT2D eigenvalue weighted by molar-refractivity contribution is 6.04. The molecule has 1 heterocycles. The summed E-state index contributed by atoms with van der Waals surface area (Å²) in [6.45, 7) is 12.7. The summed E-state index contributed by atoms with van der Waals surface area (Å²) >= 11 is 0. The standard InChI is InChI=1S/C31H32N2O3.C2H6/c1-21-8-6-7-9-26(21)23-12-10-22(11-13-23)20-33(28(34)19-31(2,3)4)29-27-15-14-25(30(35)36-5)18-24(27)16-17-32-29;1-2/h6-18H,19-20H2,1-5H3;1-2H3. The highest BCUT2D eigenvalue weighted by atomic mass is 16.5. The lowest BCUT2D eigenvalue weighted by molar-refractivity contribution is -0.120. The van der Waals surface area contributed by atoms with Crippen LogP contribution in [0.1, 0.15) is 62.5 Å². The van der Waals surface area contributed by atoms with E-state index in [0.29, 0.717) is 24.3 Å². The molecule has 0 aliphatic heterocycles. The molecule has 0 N–H and O–H groups in total. The molecule has 0 aliphatic rings. The second-order valence-corrected chi connectivity index (χ2v) is 10.3. The Hall–Kier alpha value is -3.99. The van der Waals surface area contributed by atoms with E-state index in [1.165, 1.54) is 18.2 Å². The Morgan fingerprint density at radius 1 is 0.921 bits per heavy atom. The molecular weight excluding hydrogens is 472 g/mol. The summed E-state index contributed by atoms with van der Waals surface area (Å²) in [7, 11) is 1.36. The first-order valence-corrected chi connectivity index (χ1v) is 13.1. The van der Waals surface area contributed by atoms with Gasteiger partial charge in [-0.15, -0.1) is 0 Å². The van der Waals surface area contributed by atoms with Gasteiger partial charge in [-0.25, -0.2) is 9.78 Å². The predicted octanol–water partition coefficient (Wildman–Crippen LogP) is 7.99. The maximum atomic E-state index is 13.6. The van der Waals surface area contributed by atoms with E-state index in [4.69, 9.17) is 4.74 Å². The van der Waals surface area contributed by atoms with E-state index < -0.39 is 5.97 Å². The van der Waals surface area contributed by atoms with Gasteiger partial charge in [-0.1, -0.05) is 83.1 Å². The zero-order valence-electron chi connectivity index (χ0n) is 23.5. The quantitative estimate of drug-likeness (QED) is 0.247. The molecule has 0 fully saturated rings. The molecule has 4 aromatic rings. The van der Waals surface area contributed by atoms with E-state index >= 15 is 0 Å². The Morgan fingerprint density at radius 3 is 2.24 bits per heavy atom. The zero-order valence-corrected chi connectivity index (χ0v) is 23.5. The lowest BCUT2D eigenvalue weighted by Crippen LogP contribution is -2.34. The van der Waals surface area contributed by atoms with Crippen molar-refractivity contribution in [2.45, 2.75) is 54.5 Å². The largest absolute Gasteiger partial charge is 0.465 e. The van der Waals surface area contributed by atoms with Crippen LogP contribution in [0.2, 0.25) is 0 Å². The second kappa shape index (κ2) is 12.5. The van der Waals surface area contributed by atoms with Gasteiger partial charge in [0.2, 0.25) is 5.91 Å². The van der Waals surface area contributed by atoms with Gasteiger partial charge in [-0.3, -0.25) is 9.69 Å². The number of amides is 1. The van der Waals surface area contributed by atoms with Gasteiger partial charge < -0.3 is 4.74 Å². The van der Waals surface area contributed by atoms with E-state index in [1.54, 1.807) is 23.2 Å². The van der Waals surface area contributed by atoms with Crippen molar-refractivity contribution in [2.24, 2.45) is 5.41 Å². The van der Waals surface area contributed by atoms with Crippen LogP contribution in [0.4, 0.5) is 5.82 Å². The average Bonchev–Trinajstić information content (AvgIpc) is 2.91. The van der Waals surface area contributed by atoms with Crippen LogP contribution in [0.25, 0.3) is 21.9 Å². The maximum Gasteiger partial charge on any atom is 0.337 e. The molecule has 0 saturated carbocycles. The minimum absolute atomic E-state index is 0.00234. The Balaban J connectivity index is 0.00000195. The average molecular weight is 511 g/mol. The van der Waals surface area contributed by atoms with E-state index in [-0.39, 0.29) is 11.3 Å². The number of carbonyl (C=O) groups excluding carboxylic acids is 2. The van der Waals surface area contributed by atoms with Crippen molar-refractivity contribution >= 4 is 28.5 Å². The number of aromatic nitrogens is 1. The number of ether oxygens (including phenoxy) is 1. The normalized spacial score (nSPS) is 10.9. The minimum Gasteiger partial charge on any atom is -0.465 e. The third kappa shape index (κ3) is 6.86. The number of fused-ring (bicyclic) bond motifs is 1. The summed E-state index contributed by atoms with van der Waals surface area (Å²) in [5.41, 5.74) is 4.86. The maximum absolute atomic E-state index is 13.6. The first-order valence-electron chi connectivity index (χ1n) is 13.1. The van der Waals surface area contributed by atoms with Crippen LogP contribution in [-0.2, 0) is 16.1 Å². The number of rotatable bonds is 6. The number of pyridine rings is 1. The zero-order chi connectivity index (χ0) is 27.9. The van der Waals surface area contributed by atoms with Crippen molar-refractivity contribution in [3.05, 3.63) is 95.7 Å². The molecular formula is C33H38N2O3. The van der Waals surface area contributed by atoms with Gasteiger partial charge >= 0.3 is 5.97 Å². The Bertz CT molecular complexity index is 1400. The number of anilines is 1. The third-order valence-electron chi connectivity index (χ3n) is 6.15. The van der Waals surface area contributed by atoms with Crippen molar-refractivity contribution < 1.29 is 14.3 Å². The van der Waals surface area contributed by atoms with E-state index in [1.807, 2.05) is 38.1 Å². The fraction of sp³-hybridized carbons (Fsp3) is 0.303. The number of aryl methyl sites for hydroxylation is 1. The molecule has 1 amide bonds. The highest BCUT2D eigenvalue weighted by Gasteiger charge is 2.25. The number of benzene rings is 3. The van der Waals surface area contributed by atoms with Gasteiger partial charge in [0.1, 0.15) is 5.82 Å². The van der Waals surface area contributed by atoms with Gasteiger partial charge in [0.25, 0.3) is 0 Å². The number of carbonyl (C=O) groups is 2. The lowest BCUT2D eigenvalue weighted by atomic mass is 9.91. The first kappa shape index (κ1) is 28.6. The molecule has 0 aliphatic carbocycles. The van der Waals surface area contributed by atoms with Crippen molar-refractivity contribution in [1.82, 2.24) is 4.98 Å². The molecule has 4 rings (SSSR count). The fourth-order valence-electron chi connectivity index (χ4n) is 4.32. The van der Waals surface area contributed by atoms with Crippen LogP contribution in [0.5, 0.6) is 0 Å². The number of hydrogen-bond donors (Lipinski definition) is 0. The lowest BCUT2D eigenvalue weighted by Gasteiger charge is -2.27. The van der Waals surface area contributed by atoms with Gasteiger partial charge in [-0.2, -0.15) is 0 Å². The number of esters is 1. The second-order valence-electron chi connectivity index (χ2n) is 10.3. The molecule has 5 nitrogen and oxygen atoms in total. The van der Waals surface area contributed by atoms with Crippen molar-refractivity contribution in [2.75, 3.05) is 12.0 Å². The summed E-state index contributed by atoms with van der Waals surface area (Å²) in [6, 6.07) is 23.8. The van der Waals surface area contributed by atoms with Gasteiger partial charge in [0, 0.05) is 18.0 Å². The van der Waals surface area contributed by atoms with Crippen LogP contribution in [-0.4, -0.2) is 24.0 Å². The number of nitrogens with zero attached hydrogens (tertiary/aromatic N) is 2. The fourth-order valence-corrected chi connectivity index (χ4v) is 4.32. The van der Waals surface area contributed by atoms with Gasteiger partial charge in [-0.05, 0) is 64.2 Å². The molecule has 0 atom stereocenters. The van der Waals surface area contributed by atoms with E-state index in [2.05, 4.69) is 69.1 Å². The molecule has 0 bridgehead atoms. The van der Waals surface area contributed by atoms with E-state index in [0.717, 1.165) is 21.9 Å². The Morgan fingerprint density at radius 2 is 1.61 bits per heavy atom. The van der Waals surface area contributed by atoms with Gasteiger partial charge in [0.05, 0.1) is 19.2 Å². The van der Waals surface area contributed by atoms with Crippen LogP contribution in [0.15, 0.2) is 79.0 Å². The summed E-state index contributed by atoms with van der Waals surface area (Å²) in [5.74, 6) is 0.188. The Kier molecular flexibility index (Phi) is 9.40. The monoisotopic (exact) mass is 510 g/mol. The topological polar surface area (TPSA) is 59.5 Å². The van der Waals surface area contributed by atoms with Crippen molar-refractivity contribution in [3.8, 4) is 11.1 Å². The van der Waals surface area contributed by atoms with Gasteiger partial charge in [0.15, 0.2) is 0 Å². The number of methoxy groups -OCH3 is 1. The summed E-state index contributed by atoms with van der Waals surface area (Å²) in [4.78, 5) is 32.0. The highest BCUT2D eigenvalue weighted by Crippen LogP contribution is 2.30. The molecule has 0 unspecified atom stereocenters. The molecule has 0 saturated heterocycles. The molecule has 3 aromatic carbocycles. The summed E-state index contributed by atoms with van der Waals surface area (Å²) in [5, 5.41) is 1.63. The smallest absolute Gasteiger partial charge is 0.337 e. The van der Waals surface area contributed by atoms with Crippen LogP contribution < -0.4 is 4.90 Å². The molecule has 1 aromatic heterocycles. The third-order valence-corrected chi connectivity index (χ3v) is 6.15. The summed E-state index contributed by atoms with van der Waals surface area (Å²) in [6.07, 6.45) is 2.06. The molecule has 5 heteroatoms. The molecule has 0 spiro atoms. The van der Waals surface area contributed by atoms with Crippen molar-refractivity contribution in [3.63, 3.8) is 0 Å². The SMILES string of the molecule is CC.COC(=O)c1ccc2c(N(Cc3ccc(-c4ccccc4C)cc3)C(=O)CC(C)(C)C)nccc2c1. The van der Waals surface area contributed by atoms with Crippen LogP contribution in [0.3, 0.4) is 0 Å². The van der Waals surface area contributed by atoms with Crippen molar-refractivity contribution in [1.29, 1.82) is 0 Å². The Labute approximate surface area is 226 Å². The molecule has 0 radical (unpaired) electrons. The first-order chi connectivity index (χ1) is 18.2. The van der Waals surface area contributed by atoms with Crippen LogP contribution >= 0.6 is 0 Å². The van der Waals surface area contributed by atoms with E-state index in [9.17, 15) is 9.59 Å².